The van der Waals surface area contributed by atoms with E-state index in [9.17, 15) is 0 Å². The maximum Gasteiger partial charge on any atom is 0.0774 e. The first-order chi connectivity index (χ1) is 23.4. The molecule has 5 heteroatoms. The second-order valence-electron chi connectivity index (χ2n) is 12.6. The van der Waals surface area contributed by atoms with Gasteiger partial charge in [-0.1, -0.05) is 117 Å². The molecule has 1 radical (unpaired) electrons. The van der Waals surface area contributed by atoms with Crippen molar-refractivity contribution in [1.82, 2.24) is 14.5 Å². The van der Waals surface area contributed by atoms with Crippen LogP contribution in [0, 0.1) is 18.3 Å². The first kappa shape index (κ1) is 30.4. The zero-order valence-corrected chi connectivity index (χ0v) is 30.8. The van der Waals surface area contributed by atoms with Crippen LogP contribution in [-0.2, 0) is 20.1 Å². The smallest absolute Gasteiger partial charge is 0.0774 e. The summed E-state index contributed by atoms with van der Waals surface area (Å²) >= 11 is 1.69. The number of pyridine rings is 1. The first-order valence-corrected chi connectivity index (χ1v) is 16.7. The number of hydrogen-bond donors (Lipinski definition) is 0. The van der Waals surface area contributed by atoms with Gasteiger partial charge in [0.15, 0.2) is 0 Å². The number of para-hydroxylation sites is 3. The van der Waals surface area contributed by atoms with Crippen molar-refractivity contribution in [1.29, 1.82) is 0 Å². The molecule has 0 saturated heterocycles. The average molecular weight is 815 g/mol. The molecule has 0 fully saturated rings. The van der Waals surface area contributed by atoms with Crippen molar-refractivity contribution >= 4 is 32.5 Å². The molecule has 0 bridgehead atoms. The van der Waals surface area contributed by atoms with E-state index in [0.717, 1.165) is 33.7 Å². The summed E-state index contributed by atoms with van der Waals surface area (Å²) in [5.41, 5.74) is 10.5. The number of imidazole rings is 1. The molecule has 3 aromatic heterocycles. The number of aryl methyl sites for hydroxylation is 1. The summed E-state index contributed by atoms with van der Waals surface area (Å²) in [7, 11) is 0. The number of benzene rings is 4. The summed E-state index contributed by atoms with van der Waals surface area (Å²) in [5, 5.41) is 4.87. The third kappa shape index (κ3) is 7.18. The summed E-state index contributed by atoms with van der Waals surface area (Å²) in [6.45, 7) is 11.5. The molecule has 3 nitrogen and oxygen atoms in total. The van der Waals surface area contributed by atoms with Crippen molar-refractivity contribution < 1.29 is 24.2 Å². The second kappa shape index (κ2) is 14.9. The molecular weight excluding hydrogens is 771 g/mol. The Labute approximate surface area is 301 Å². The molecule has 3 heterocycles. The molecule has 7 rings (SSSR count). The van der Waals surface area contributed by atoms with E-state index in [2.05, 4.69) is 123 Å². The molecule has 0 spiro atoms. The zero-order valence-electron chi connectivity index (χ0n) is 30.6. The van der Waals surface area contributed by atoms with Crippen LogP contribution in [0.25, 0.3) is 49.5 Å². The van der Waals surface area contributed by atoms with Crippen LogP contribution in [0.2, 0.25) is 0 Å². The summed E-state index contributed by atoms with van der Waals surface area (Å²) in [6.07, 6.45) is 1.39. The van der Waals surface area contributed by atoms with Gasteiger partial charge in [-0.25, -0.2) is 0 Å². The van der Waals surface area contributed by atoms with Crippen LogP contribution < -0.4 is 0 Å². The summed E-state index contributed by atoms with van der Waals surface area (Å²) in [5.74, 6) is 2.28. The number of rotatable bonds is 6. The predicted molar refractivity (Wildman–Crippen MR) is 196 cm³/mol. The Bertz CT molecular complexity index is 2170. The molecule has 241 valence electrons. The van der Waals surface area contributed by atoms with E-state index in [1.165, 1.54) is 38.7 Å². The van der Waals surface area contributed by atoms with Gasteiger partial charge in [-0.05, 0) is 59.1 Å². The quantitative estimate of drug-likeness (QED) is 0.157. The van der Waals surface area contributed by atoms with Gasteiger partial charge in [0.05, 0.1) is 16.9 Å². The van der Waals surface area contributed by atoms with Crippen molar-refractivity contribution in [2.45, 2.75) is 66.1 Å². The number of aromatic nitrogens is 3. The fraction of sp³-hybridized carbons (Fsp3) is 0.238. The van der Waals surface area contributed by atoms with Crippen LogP contribution in [0.4, 0.5) is 0 Å². The Kier molecular flexibility index (Phi) is 9.65. The van der Waals surface area contributed by atoms with Crippen molar-refractivity contribution in [2.24, 2.45) is 0 Å². The van der Waals surface area contributed by atoms with Crippen LogP contribution in [-0.4, -0.2) is 14.5 Å². The van der Waals surface area contributed by atoms with Gasteiger partial charge in [-0.3, -0.25) is 16.3 Å². The molecule has 7 aromatic rings. The number of fused-ring (bicyclic) bond motifs is 2. The fourth-order valence-corrected chi connectivity index (χ4v) is 6.63. The Morgan fingerprint density at radius 3 is 2.17 bits per heavy atom. The largest absolute Gasteiger partial charge is 0.333 e. The Morgan fingerprint density at radius 2 is 1.53 bits per heavy atom. The maximum absolute atomic E-state index is 7.23. The van der Waals surface area contributed by atoms with Crippen LogP contribution >= 0.6 is 11.3 Å². The minimum Gasteiger partial charge on any atom is -0.333 e. The van der Waals surface area contributed by atoms with Gasteiger partial charge in [-0.15, -0.1) is 47.3 Å². The molecule has 0 aliphatic rings. The molecule has 0 atom stereocenters. The van der Waals surface area contributed by atoms with E-state index in [1.54, 1.807) is 29.5 Å². The van der Waals surface area contributed by atoms with E-state index in [1.807, 2.05) is 18.2 Å². The minimum atomic E-state index is -2.09. The molecule has 4 aromatic carbocycles. The van der Waals surface area contributed by atoms with Crippen molar-refractivity contribution in [2.75, 3.05) is 0 Å². The maximum atomic E-state index is 7.23. The van der Waals surface area contributed by atoms with Gasteiger partial charge in [0.25, 0.3) is 0 Å². The molecule has 0 amide bonds. The van der Waals surface area contributed by atoms with Gasteiger partial charge in [0.1, 0.15) is 0 Å². The number of thiophene rings is 1. The third-order valence-corrected chi connectivity index (χ3v) is 9.18. The number of hydrogen-bond acceptors (Lipinski definition) is 3. The number of nitrogens with zero attached hydrogens (tertiary/aromatic N) is 3. The minimum absolute atomic E-state index is 0. The molecule has 47 heavy (non-hydrogen) atoms. The topological polar surface area (TPSA) is 30.7 Å². The van der Waals surface area contributed by atoms with Crippen LogP contribution in [0.15, 0.2) is 103 Å². The zero-order chi connectivity index (χ0) is 34.9. The predicted octanol–water partition coefficient (Wildman–Crippen LogP) is 11.9. The van der Waals surface area contributed by atoms with Crippen molar-refractivity contribution in [3.05, 3.63) is 137 Å². The van der Waals surface area contributed by atoms with Gasteiger partial charge >= 0.3 is 0 Å². The third-order valence-electron chi connectivity index (χ3n) is 8.30. The molecule has 0 aliphatic heterocycles. The van der Waals surface area contributed by atoms with E-state index in [4.69, 9.17) is 9.10 Å². The molecule has 0 N–H and O–H groups in total. The van der Waals surface area contributed by atoms with E-state index in [0.29, 0.717) is 17.8 Å². The Hall–Kier alpha value is -3.89. The Morgan fingerprint density at radius 1 is 0.787 bits per heavy atom. The Balaban J connectivity index is 0.000000241. The molecular formula is C42H41IrN3S-2. The average Bonchev–Trinajstić information content (AvgIpc) is 3.69. The second-order valence-corrected chi connectivity index (χ2v) is 13.4. The van der Waals surface area contributed by atoms with E-state index < -0.39 is 6.85 Å². The van der Waals surface area contributed by atoms with Crippen LogP contribution in [0.3, 0.4) is 0 Å². The normalized spacial score (nSPS) is 12.5. The van der Waals surface area contributed by atoms with Gasteiger partial charge < -0.3 is 9.55 Å². The van der Waals surface area contributed by atoms with Crippen molar-refractivity contribution in [3.8, 4) is 28.3 Å². The fourth-order valence-electron chi connectivity index (χ4n) is 5.81. The van der Waals surface area contributed by atoms with Gasteiger partial charge in [-0.2, -0.15) is 0 Å². The van der Waals surface area contributed by atoms with Gasteiger partial charge in [0.2, 0.25) is 0 Å². The van der Waals surface area contributed by atoms with Crippen molar-refractivity contribution in [3.63, 3.8) is 0 Å². The molecule has 0 unspecified atom stereocenters. The summed E-state index contributed by atoms with van der Waals surface area (Å²) in [6, 6.07) is 35.9. The van der Waals surface area contributed by atoms with Gasteiger partial charge in [0, 0.05) is 36.1 Å². The monoisotopic (exact) mass is 815 g/mol. The summed E-state index contributed by atoms with van der Waals surface area (Å²) in [4.78, 5) is 9.32. The SMILES string of the molecule is CC(C)c1ccc2s[c-]c(-c3nc4ccccc4n3-c3c(C(C)C)cccc3C(C)C)c2c1.[2H]C([2H])([2H])c1ccc(-c2[c-]cccc2)nc1.[Ir]. The first-order valence-electron chi connectivity index (χ1n) is 17.4. The standard InChI is InChI=1S/C30H31N2S.C12H10N.Ir/c1-18(2)21-14-15-28-24(16-21)25(17-33-28)30-31-26-12-7-8-13-27(26)32(30)29-22(19(3)4)10-9-11-23(29)20(5)6;1-10-7-8-12(13-9-10)11-5-3-2-4-6-11;/h7-16,18-20H,1-6H3;2-5,7-9H,1H3;/q2*-1;/i;1D3;. The molecule has 0 aliphatic carbocycles. The van der Waals surface area contributed by atoms with Crippen LogP contribution in [0.5, 0.6) is 0 Å². The van der Waals surface area contributed by atoms with Crippen LogP contribution in [0.1, 0.15) is 85.7 Å². The van der Waals surface area contributed by atoms with E-state index >= 15 is 0 Å². The molecule has 0 saturated carbocycles. The summed E-state index contributed by atoms with van der Waals surface area (Å²) < 4.78 is 25.4. The van der Waals surface area contributed by atoms with E-state index in [-0.39, 0.29) is 25.7 Å².